The van der Waals surface area contributed by atoms with Crippen LogP contribution in [0.2, 0.25) is 0 Å². The number of anilines is 2. The van der Waals surface area contributed by atoms with Crippen molar-refractivity contribution in [3.63, 3.8) is 0 Å². The Morgan fingerprint density at radius 2 is 2.24 bits per heavy atom. The first-order valence-electron chi connectivity index (χ1n) is 9.56. The Bertz CT molecular complexity index is 1010. The predicted octanol–water partition coefficient (Wildman–Crippen LogP) is 4.06. The molecule has 0 spiro atoms. The van der Waals surface area contributed by atoms with Gasteiger partial charge in [0.25, 0.3) is 0 Å². The Kier molecular flexibility index (Phi) is 6.15. The van der Waals surface area contributed by atoms with Gasteiger partial charge in [0.05, 0.1) is 18.6 Å². The largest absolute Gasteiger partial charge is 0.495 e. The predicted molar refractivity (Wildman–Crippen MR) is 118 cm³/mol. The van der Waals surface area contributed by atoms with Gasteiger partial charge in [0.1, 0.15) is 21.8 Å². The second kappa shape index (κ2) is 8.96. The number of thiazole rings is 1. The number of piperidine rings is 1. The fourth-order valence-electron chi connectivity index (χ4n) is 3.39. The first kappa shape index (κ1) is 19.9. The van der Waals surface area contributed by atoms with E-state index in [1.54, 1.807) is 18.4 Å². The summed E-state index contributed by atoms with van der Waals surface area (Å²) in [4.78, 5) is 28.2. The number of amides is 1. The van der Waals surface area contributed by atoms with Crippen LogP contribution >= 0.6 is 23.1 Å². The van der Waals surface area contributed by atoms with Crippen LogP contribution in [0.3, 0.4) is 0 Å². The van der Waals surface area contributed by atoms with Crippen LogP contribution in [-0.4, -0.2) is 46.8 Å². The maximum atomic E-state index is 12.4. The van der Waals surface area contributed by atoms with Crippen molar-refractivity contribution in [1.29, 1.82) is 0 Å². The highest BCUT2D eigenvalue weighted by molar-refractivity contribution is 8.00. The summed E-state index contributed by atoms with van der Waals surface area (Å²) in [5.41, 5.74) is 1.36. The number of aromatic nitrogens is 3. The van der Waals surface area contributed by atoms with Gasteiger partial charge >= 0.3 is 0 Å². The molecule has 1 amide bonds. The summed E-state index contributed by atoms with van der Waals surface area (Å²) >= 11 is 3.01. The number of thioether (sulfide) groups is 1. The number of carbonyl (C=O) groups is 1. The molecule has 1 N–H and O–H groups in total. The average Bonchev–Trinajstić information content (AvgIpc) is 3.18. The van der Waals surface area contributed by atoms with Gasteiger partial charge in [-0.1, -0.05) is 42.2 Å². The van der Waals surface area contributed by atoms with Crippen LogP contribution in [0.15, 0.2) is 35.6 Å². The standard InChI is InChI=1S/C20H23N5O2S2/c1-13-6-5-9-25(10-13)20-24-18-17(29-20)19(22-12-21-18)28-11-16(26)23-14-7-3-4-8-15(14)27-2/h3-4,7-8,12-13H,5-6,9-11H2,1-2H3,(H,23,26)/t13-/m0/s1. The number of hydrogen-bond acceptors (Lipinski definition) is 8. The average molecular weight is 430 g/mol. The van der Waals surface area contributed by atoms with Crippen LogP contribution in [0.4, 0.5) is 10.8 Å². The van der Waals surface area contributed by atoms with Gasteiger partial charge in [0.2, 0.25) is 5.91 Å². The smallest absolute Gasteiger partial charge is 0.234 e. The second-order valence-electron chi connectivity index (χ2n) is 7.06. The molecule has 1 fully saturated rings. The minimum Gasteiger partial charge on any atom is -0.495 e. The van der Waals surface area contributed by atoms with Gasteiger partial charge < -0.3 is 15.0 Å². The van der Waals surface area contributed by atoms with Crippen molar-refractivity contribution >= 4 is 50.2 Å². The van der Waals surface area contributed by atoms with Crippen molar-refractivity contribution < 1.29 is 9.53 Å². The lowest BCUT2D eigenvalue weighted by molar-refractivity contribution is -0.113. The summed E-state index contributed by atoms with van der Waals surface area (Å²) < 4.78 is 6.22. The normalized spacial score (nSPS) is 16.8. The van der Waals surface area contributed by atoms with E-state index in [0.717, 1.165) is 27.9 Å². The zero-order chi connectivity index (χ0) is 20.2. The van der Waals surface area contributed by atoms with Gasteiger partial charge in [-0.05, 0) is 30.9 Å². The van der Waals surface area contributed by atoms with Gasteiger partial charge in [-0.2, -0.15) is 4.98 Å². The third kappa shape index (κ3) is 4.62. The van der Waals surface area contributed by atoms with E-state index in [2.05, 4.69) is 27.1 Å². The summed E-state index contributed by atoms with van der Waals surface area (Å²) in [7, 11) is 1.59. The highest BCUT2D eigenvalue weighted by atomic mass is 32.2. The number of hydrogen-bond donors (Lipinski definition) is 1. The molecule has 3 aromatic rings. The van der Waals surface area contributed by atoms with Crippen molar-refractivity contribution in [2.75, 3.05) is 36.2 Å². The van der Waals surface area contributed by atoms with E-state index in [0.29, 0.717) is 23.0 Å². The monoisotopic (exact) mass is 429 g/mol. The fourth-order valence-corrected chi connectivity index (χ4v) is 5.32. The lowest BCUT2D eigenvalue weighted by Crippen LogP contribution is -2.34. The van der Waals surface area contributed by atoms with Gasteiger partial charge in [0, 0.05) is 13.1 Å². The number of carbonyl (C=O) groups excluding carboxylic acids is 1. The molecule has 0 aliphatic carbocycles. The molecule has 1 atom stereocenters. The van der Waals surface area contributed by atoms with Crippen molar-refractivity contribution in [1.82, 2.24) is 15.0 Å². The van der Waals surface area contributed by atoms with E-state index < -0.39 is 0 Å². The van der Waals surface area contributed by atoms with Crippen molar-refractivity contribution in [3.05, 3.63) is 30.6 Å². The third-order valence-corrected chi connectivity index (χ3v) is 7.03. The summed E-state index contributed by atoms with van der Waals surface area (Å²) in [6, 6.07) is 7.36. The molecule has 29 heavy (non-hydrogen) atoms. The lowest BCUT2D eigenvalue weighted by atomic mass is 10.0. The van der Waals surface area contributed by atoms with E-state index in [9.17, 15) is 4.79 Å². The minimum atomic E-state index is -0.110. The van der Waals surface area contributed by atoms with Crippen molar-refractivity contribution in [2.24, 2.45) is 5.92 Å². The molecule has 152 valence electrons. The summed E-state index contributed by atoms with van der Waals surface area (Å²) in [6.45, 7) is 4.33. The highest BCUT2D eigenvalue weighted by Crippen LogP contribution is 2.35. The number of nitrogens with zero attached hydrogens (tertiary/aromatic N) is 4. The van der Waals surface area contributed by atoms with E-state index in [4.69, 9.17) is 9.72 Å². The third-order valence-electron chi connectivity index (χ3n) is 4.80. The van der Waals surface area contributed by atoms with Gasteiger partial charge in [-0.15, -0.1) is 0 Å². The molecule has 7 nitrogen and oxygen atoms in total. The van der Waals surface area contributed by atoms with Crippen LogP contribution in [0.1, 0.15) is 19.8 Å². The number of fused-ring (bicyclic) bond motifs is 1. The first-order valence-corrected chi connectivity index (χ1v) is 11.4. The molecule has 0 unspecified atom stereocenters. The van der Waals surface area contributed by atoms with Crippen LogP contribution in [0.5, 0.6) is 5.75 Å². The Morgan fingerprint density at radius 3 is 3.07 bits per heavy atom. The Hall–Kier alpha value is -2.39. The van der Waals surface area contributed by atoms with Crippen LogP contribution in [0, 0.1) is 5.92 Å². The number of ether oxygens (including phenoxy) is 1. The molecule has 9 heteroatoms. The maximum absolute atomic E-state index is 12.4. The number of para-hydroxylation sites is 2. The fraction of sp³-hybridized carbons (Fsp3) is 0.400. The Morgan fingerprint density at radius 1 is 1.38 bits per heavy atom. The Balaban J connectivity index is 1.46. The van der Waals surface area contributed by atoms with Crippen LogP contribution in [-0.2, 0) is 4.79 Å². The van der Waals surface area contributed by atoms with E-state index in [-0.39, 0.29) is 11.7 Å². The molecule has 4 rings (SSSR count). The second-order valence-corrected chi connectivity index (χ2v) is 9.00. The maximum Gasteiger partial charge on any atom is 0.234 e. The molecule has 1 aliphatic heterocycles. The van der Waals surface area contributed by atoms with E-state index in [1.807, 2.05) is 24.3 Å². The van der Waals surface area contributed by atoms with Crippen LogP contribution < -0.4 is 15.0 Å². The Labute approximate surface area is 177 Å². The summed E-state index contributed by atoms with van der Waals surface area (Å²) in [5.74, 6) is 1.45. The SMILES string of the molecule is COc1ccccc1NC(=O)CSc1ncnc2nc(N3CCC[C@H](C)C3)sc12. The summed E-state index contributed by atoms with van der Waals surface area (Å²) in [6.07, 6.45) is 3.97. The molecular weight excluding hydrogens is 406 g/mol. The first-order chi connectivity index (χ1) is 14.1. The highest BCUT2D eigenvalue weighted by Gasteiger charge is 2.21. The molecule has 0 radical (unpaired) electrons. The molecular formula is C20H23N5O2S2. The zero-order valence-corrected chi connectivity index (χ0v) is 18.1. The van der Waals surface area contributed by atoms with E-state index >= 15 is 0 Å². The van der Waals surface area contributed by atoms with Gasteiger partial charge in [0.15, 0.2) is 10.8 Å². The molecule has 0 bridgehead atoms. The van der Waals surface area contributed by atoms with Crippen LogP contribution in [0.25, 0.3) is 10.3 Å². The molecule has 2 aromatic heterocycles. The quantitative estimate of drug-likeness (QED) is 0.467. The topological polar surface area (TPSA) is 80.2 Å². The molecule has 1 aromatic carbocycles. The zero-order valence-electron chi connectivity index (χ0n) is 16.4. The number of nitrogens with one attached hydrogen (secondary N) is 1. The summed E-state index contributed by atoms with van der Waals surface area (Å²) in [5, 5.41) is 4.68. The minimum absolute atomic E-state index is 0.110. The lowest BCUT2D eigenvalue weighted by Gasteiger charge is -2.30. The number of methoxy groups -OCH3 is 1. The molecule has 1 aliphatic rings. The molecule has 0 saturated carbocycles. The van der Waals surface area contributed by atoms with Crippen molar-refractivity contribution in [3.8, 4) is 5.75 Å². The van der Waals surface area contributed by atoms with Gasteiger partial charge in [-0.25, -0.2) is 9.97 Å². The van der Waals surface area contributed by atoms with Crippen molar-refractivity contribution in [2.45, 2.75) is 24.8 Å². The molecule has 1 saturated heterocycles. The molecule has 3 heterocycles. The van der Waals surface area contributed by atoms with Gasteiger partial charge in [-0.3, -0.25) is 4.79 Å². The van der Waals surface area contributed by atoms with E-state index in [1.165, 1.54) is 30.9 Å². The number of rotatable bonds is 6. The number of benzene rings is 1.